The van der Waals surface area contributed by atoms with Gasteiger partial charge in [-0.2, -0.15) is 5.10 Å². The van der Waals surface area contributed by atoms with Gasteiger partial charge in [-0.15, -0.1) is 0 Å². The molecule has 3 N–H and O–H groups in total. The third kappa shape index (κ3) is 4.06. The van der Waals surface area contributed by atoms with Crippen molar-refractivity contribution in [3.05, 3.63) is 55.3 Å². The topological polar surface area (TPSA) is 115 Å². The van der Waals surface area contributed by atoms with Gasteiger partial charge in [0.2, 0.25) is 0 Å². The van der Waals surface area contributed by atoms with Crippen LogP contribution in [0.4, 0.5) is 11.4 Å². The number of nitrogens with one attached hydrogen (secondary N) is 3. The van der Waals surface area contributed by atoms with Gasteiger partial charge in [0.05, 0.1) is 46.7 Å². The maximum Gasteiger partial charge on any atom is 0.161 e. The molecule has 0 radical (unpaired) electrons. The summed E-state index contributed by atoms with van der Waals surface area (Å²) < 4.78 is 0. The van der Waals surface area contributed by atoms with Gasteiger partial charge in [0.25, 0.3) is 0 Å². The molecule has 0 bridgehead atoms. The average Bonchev–Trinajstić information content (AvgIpc) is 3.52. The first kappa shape index (κ1) is 22.9. The number of hydrogen-bond acceptors (Lipinski definition) is 8. The van der Waals surface area contributed by atoms with Gasteiger partial charge in [-0.3, -0.25) is 15.1 Å². The Bertz CT molecular complexity index is 1640. The van der Waals surface area contributed by atoms with Crippen molar-refractivity contribution in [1.82, 2.24) is 40.0 Å². The second kappa shape index (κ2) is 9.21. The van der Waals surface area contributed by atoms with Gasteiger partial charge >= 0.3 is 0 Å². The number of rotatable bonds is 6. The molecule has 1 aliphatic heterocycles. The Morgan fingerprint density at radius 2 is 1.82 bits per heavy atom. The van der Waals surface area contributed by atoms with E-state index in [0.717, 1.165) is 76.6 Å². The molecule has 7 rings (SSSR count). The Kier molecular flexibility index (Phi) is 5.54. The second-order valence-corrected chi connectivity index (χ2v) is 10.3. The summed E-state index contributed by atoms with van der Waals surface area (Å²) in [5.74, 6) is 1.22. The van der Waals surface area contributed by atoms with Crippen LogP contribution in [0, 0.1) is 5.92 Å². The normalized spacial score (nSPS) is 16.7. The minimum absolute atomic E-state index is 0.553. The molecule has 1 aliphatic carbocycles. The summed E-state index contributed by atoms with van der Waals surface area (Å²) >= 11 is 0. The Morgan fingerprint density at radius 1 is 0.974 bits per heavy atom. The van der Waals surface area contributed by atoms with Crippen LogP contribution in [0.2, 0.25) is 0 Å². The first-order valence-corrected chi connectivity index (χ1v) is 13.2. The zero-order valence-corrected chi connectivity index (χ0v) is 21.4. The highest BCUT2D eigenvalue weighted by Gasteiger charge is 2.22. The summed E-state index contributed by atoms with van der Waals surface area (Å²) in [4.78, 5) is 27.0. The molecule has 6 heterocycles. The zero-order chi connectivity index (χ0) is 25.6. The average molecular weight is 507 g/mol. The molecule has 1 saturated carbocycles. The Morgan fingerprint density at radius 3 is 2.63 bits per heavy atom. The number of allylic oxidation sites excluding steroid dienone is 1. The first-order chi connectivity index (χ1) is 18.6. The van der Waals surface area contributed by atoms with Crippen molar-refractivity contribution in [2.24, 2.45) is 5.92 Å². The molecule has 0 atom stereocenters. The maximum atomic E-state index is 4.98. The third-order valence-corrected chi connectivity index (χ3v) is 7.79. The Balaban J connectivity index is 1.22. The highest BCUT2D eigenvalue weighted by Crippen LogP contribution is 2.34. The number of pyridine rings is 3. The minimum atomic E-state index is 0.553. The lowest BCUT2D eigenvalue weighted by Crippen LogP contribution is -2.44. The Labute approximate surface area is 220 Å². The van der Waals surface area contributed by atoms with E-state index in [0.29, 0.717) is 17.4 Å². The molecule has 5 aromatic rings. The predicted octanol–water partition coefficient (Wildman–Crippen LogP) is 4.44. The molecule has 2 fully saturated rings. The lowest BCUT2D eigenvalue weighted by atomic mass is 9.83. The Hall–Kier alpha value is -4.31. The summed E-state index contributed by atoms with van der Waals surface area (Å²) in [6, 6.07) is 6.06. The number of aromatic amines is 2. The summed E-state index contributed by atoms with van der Waals surface area (Å²) in [6.07, 6.45) is 11.1. The van der Waals surface area contributed by atoms with E-state index in [1.165, 1.54) is 19.3 Å². The van der Waals surface area contributed by atoms with Crippen LogP contribution in [-0.2, 0) is 0 Å². The molecule has 0 amide bonds. The fourth-order valence-electron chi connectivity index (χ4n) is 5.23. The maximum absolute atomic E-state index is 4.98. The van der Waals surface area contributed by atoms with Crippen molar-refractivity contribution in [1.29, 1.82) is 0 Å². The molecular formula is C28H30N10. The number of hydrogen-bond donors (Lipinski definition) is 3. The van der Waals surface area contributed by atoms with Crippen LogP contribution < -0.4 is 10.2 Å². The van der Waals surface area contributed by atoms with E-state index >= 15 is 0 Å². The van der Waals surface area contributed by atoms with E-state index in [1.807, 2.05) is 36.9 Å². The van der Waals surface area contributed by atoms with E-state index in [4.69, 9.17) is 9.97 Å². The SMILES string of the molecule is C=C(Nc1cncc(-c2ccc3[nH]nc(-c4nc5c(N6CCN(C)CC6)cncc5[nH]4)c3n2)c1)C1CCC1. The molecule has 10 heteroatoms. The van der Waals surface area contributed by atoms with E-state index in [9.17, 15) is 0 Å². The smallest absolute Gasteiger partial charge is 0.161 e. The highest BCUT2D eigenvalue weighted by molar-refractivity contribution is 5.94. The number of piperazine rings is 1. The van der Waals surface area contributed by atoms with E-state index in [2.05, 4.69) is 60.0 Å². The second-order valence-electron chi connectivity index (χ2n) is 10.3. The van der Waals surface area contributed by atoms with Crippen LogP contribution >= 0.6 is 0 Å². The molecule has 0 unspecified atom stereocenters. The van der Waals surface area contributed by atoms with Crippen molar-refractivity contribution < 1.29 is 0 Å². The van der Waals surface area contributed by atoms with Gasteiger partial charge in [-0.05, 0) is 44.0 Å². The van der Waals surface area contributed by atoms with Crippen LogP contribution in [0.25, 0.3) is 44.8 Å². The van der Waals surface area contributed by atoms with Gasteiger partial charge in [0.1, 0.15) is 11.0 Å². The zero-order valence-electron chi connectivity index (χ0n) is 21.4. The first-order valence-electron chi connectivity index (χ1n) is 13.2. The van der Waals surface area contributed by atoms with Crippen LogP contribution in [0.15, 0.2) is 55.3 Å². The van der Waals surface area contributed by atoms with Crippen molar-refractivity contribution in [2.45, 2.75) is 19.3 Å². The molecule has 0 aromatic carbocycles. The largest absolute Gasteiger partial charge is 0.366 e. The van der Waals surface area contributed by atoms with Crippen LogP contribution in [0.5, 0.6) is 0 Å². The van der Waals surface area contributed by atoms with Crippen LogP contribution in [0.3, 0.4) is 0 Å². The van der Waals surface area contributed by atoms with Gasteiger partial charge in [-0.1, -0.05) is 13.0 Å². The van der Waals surface area contributed by atoms with Gasteiger partial charge in [0.15, 0.2) is 11.5 Å². The lowest BCUT2D eigenvalue weighted by molar-refractivity contribution is 0.313. The molecular weight excluding hydrogens is 476 g/mol. The number of nitrogens with zero attached hydrogens (tertiary/aromatic N) is 7. The molecule has 38 heavy (non-hydrogen) atoms. The quantitative estimate of drug-likeness (QED) is 0.310. The van der Waals surface area contributed by atoms with Gasteiger partial charge < -0.3 is 20.1 Å². The predicted molar refractivity (Wildman–Crippen MR) is 150 cm³/mol. The molecule has 1 saturated heterocycles. The van der Waals surface area contributed by atoms with Crippen molar-refractivity contribution in [3.63, 3.8) is 0 Å². The van der Waals surface area contributed by atoms with Gasteiger partial charge in [-0.25, -0.2) is 9.97 Å². The summed E-state index contributed by atoms with van der Waals surface area (Å²) in [6.45, 7) is 8.16. The molecule has 5 aromatic heterocycles. The third-order valence-electron chi connectivity index (χ3n) is 7.79. The fraction of sp³-hybridized carbons (Fsp3) is 0.321. The molecule has 0 spiro atoms. The fourth-order valence-corrected chi connectivity index (χ4v) is 5.23. The van der Waals surface area contributed by atoms with E-state index in [1.54, 1.807) is 0 Å². The van der Waals surface area contributed by atoms with Crippen molar-refractivity contribution in [3.8, 4) is 22.8 Å². The summed E-state index contributed by atoms with van der Waals surface area (Å²) in [5, 5.41) is 11.1. The highest BCUT2D eigenvalue weighted by atomic mass is 15.3. The number of imidazole rings is 1. The van der Waals surface area contributed by atoms with Crippen molar-refractivity contribution >= 4 is 33.4 Å². The molecule has 2 aliphatic rings. The number of anilines is 2. The monoisotopic (exact) mass is 506 g/mol. The van der Waals surface area contributed by atoms with Crippen LogP contribution in [-0.4, -0.2) is 73.2 Å². The summed E-state index contributed by atoms with van der Waals surface area (Å²) in [7, 11) is 2.15. The van der Waals surface area contributed by atoms with Crippen molar-refractivity contribution in [2.75, 3.05) is 43.4 Å². The van der Waals surface area contributed by atoms with Crippen LogP contribution in [0.1, 0.15) is 19.3 Å². The lowest BCUT2D eigenvalue weighted by Gasteiger charge is -2.33. The minimum Gasteiger partial charge on any atom is -0.366 e. The number of aromatic nitrogens is 7. The number of fused-ring (bicyclic) bond motifs is 2. The molecule has 192 valence electrons. The molecule has 10 nitrogen and oxygen atoms in total. The summed E-state index contributed by atoms with van der Waals surface area (Å²) in [5.41, 5.74) is 8.86. The number of likely N-dealkylation sites (N-methyl/N-ethyl adjacent to an activating group) is 1. The van der Waals surface area contributed by atoms with Gasteiger partial charge in [0, 0.05) is 43.6 Å². The standard InChI is InChI=1S/C28H30N10/c1-17(18-4-3-5-18)31-20-12-19(13-29-14-20)21-6-7-22-26(32-21)27(36-35-22)28-33-23-15-30-16-24(25(23)34-28)38-10-8-37(2)9-11-38/h6-7,12-16,18,31H,1,3-5,8-11H2,2H3,(H,33,34)(H,35,36). The van der Waals surface area contributed by atoms with E-state index in [-0.39, 0.29) is 0 Å². The number of H-pyrrole nitrogens is 2. The van der Waals surface area contributed by atoms with E-state index < -0.39 is 0 Å².